The Hall–Kier alpha value is -2.53. The molecular formula is C25H28N4S. The quantitative estimate of drug-likeness (QED) is 0.541. The summed E-state index contributed by atoms with van der Waals surface area (Å²) in [4.78, 5) is 12.5. The monoisotopic (exact) mass is 416 g/mol. The van der Waals surface area contributed by atoms with Crippen LogP contribution in [0.15, 0.2) is 59.7 Å². The molecule has 154 valence electrons. The first-order valence-electron chi connectivity index (χ1n) is 10.7. The normalized spacial score (nSPS) is 23.0. The summed E-state index contributed by atoms with van der Waals surface area (Å²) < 4.78 is 2.41. The molecule has 30 heavy (non-hydrogen) atoms. The van der Waals surface area contributed by atoms with Crippen molar-refractivity contribution >= 4 is 16.9 Å². The van der Waals surface area contributed by atoms with Gasteiger partial charge in [-0.15, -0.1) is 0 Å². The van der Waals surface area contributed by atoms with Crippen LogP contribution in [0.2, 0.25) is 0 Å². The molecule has 3 aromatic rings. The van der Waals surface area contributed by atoms with E-state index in [0.717, 1.165) is 17.9 Å². The maximum Gasteiger partial charge on any atom is 0.160 e. The number of para-hydroxylation sites is 1. The van der Waals surface area contributed by atoms with E-state index in [0.29, 0.717) is 6.04 Å². The first kappa shape index (κ1) is 19.4. The molecular weight excluding hydrogens is 388 g/mol. The van der Waals surface area contributed by atoms with E-state index in [9.17, 15) is 0 Å². The topological polar surface area (TPSA) is 33.4 Å². The third-order valence-corrected chi connectivity index (χ3v) is 7.60. The Bertz CT molecular complexity index is 1100. The van der Waals surface area contributed by atoms with Crippen LogP contribution in [-0.4, -0.2) is 31.4 Å². The van der Waals surface area contributed by atoms with E-state index in [1.165, 1.54) is 33.4 Å². The first-order valence-corrected chi connectivity index (χ1v) is 11.7. The number of aromatic nitrogens is 2. The summed E-state index contributed by atoms with van der Waals surface area (Å²) >= 11 is 1.90. The van der Waals surface area contributed by atoms with Crippen molar-refractivity contribution in [2.24, 2.45) is 4.99 Å². The minimum absolute atomic E-state index is 0.0360. The number of hydrogen-bond acceptors (Lipinski definition) is 4. The van der Waals surface area contributed by atoms with Gasteiger partial charge in [0, 0.05) is 35.1 Å². The van der Waals surface area contributed by atoms with Gasteiger partial charge < -0.3 is 9.47 Å². The average Bonchev–Trinajstić information content (AvgIpc) is 3.41. The predicted octanol–water partition coefficient (Wildman–Crippen LogP) is 5.78. The molecule has 0 spiro atoms. The smallest absolute Gasteiger partial charge is 0.160 e. The summed E-state index contributed by atoms with van der Waals surface area (Å²) in [5, 5.41) is 1.18. The lowest BCUT2D eigenvalue weighted by molar-refractivity contribution is 0.254. The number of pyridine rings is 1. The predicted molar refractivity (Wildman–Crippen MR) is 126 cm³/mol. The summed E-state index contributed by atoms with van der Waals surface area (Å²) in [6.07, 6.45) is 3.02. The molecule has 0 saturated carbocycles. The Labute approximate surface area is 183 Å². The zero-order valence-corrected chi connectivity index (χ0v) is 18.9. The van der Waals surface area contributed by atoms with Crippen molar-refractivity contribution in [3.63, 3.8) is 0 Å². The molecule has 4 heterocycles. The molecule has 0 unspecified atom stereocenters. The number of nitrogens with zero attached hydrogens (tertiary/aromatic N) is 4. The molecule has 1 saturated heterocycles. The van der Waals surface area contributed by atoms with E-state index >= 15 is 0 Å². The van der Waals surface area contributed by atoms with Crippen LogP contribution in [0.5, 0.6) is 0 Å². The second-order valence-corrected chi connectivity index (χ2v) is 9.27. The van der Waals surface area contributed by atoms with E-state index in [2.05, 4.69) is 79.6 Å². The molecule has 2 aromatic heterocycles. The van der Waals surface area contributed by atoms with Crippen molar-refractivity contribution in [1.82, 2.24) is 14.5 Å². The lowest BCUT2D eigenvalue weighted by atomic mass is 9.95. The Morgan fingerprint density at radius 3 is 2.60 bits per heavy atom. The van der Waals surface area contributed by atoms with Gasteiger partial charge in [0.1, 0.15) is 6.04 Å². The third kappa shape index (κ3) is 2.99. The molecule has 0 bridgehead atoms. The van der Waals surface area contributed by atoms with Crippen molar-refractivity contribution in [1.29, 1.82) is 0 Å². The fraction of sp³-hybridized carbons (Fsp3) is 0.360. The summed E-state index contributed by atoms with van der Waals surface area (Å²) in [6, 6.07) is 17.9. The number of aryl methyl sites for hydroxylation is 2. The van der Waals surface area contributed by atoms with Crippen LogP contribution in [0.1, 0.15) is 53.6 Å². The van der Waals surface area contributed by atoms with Crippen molar-refractivity contribution in [3.8, 4) is 5.69 Å². The van der Waals surface area contributed by atoms with Gasteiger partial charge >= 0.3 is 0 Å². The second kappa shape index (κ2) is 7.62. The SMILES string of the molecule is CC[C@@H]1CSC2=N[C@H](c3ccccn3)[C@H](c3cc(C)n(-c4ccccc4C)c3C)N21. The number of benzene rings is 1. The third-order valence-electron chi connectivity index (χ3n) is 6.47. The van der Waals surface area contributed by atoms with E-state index < -0.39 is 0 Å². The highest BCUT2D eigenvalue weighted by atomic mass is 32.2. The molecule has 0 N–H and O–H groups in total. The molecule has 2 aliphatic heterocycles. The molecule has 0 aliphatic carbocycles. The lowest BCUT2D eigenvalue weighted by Gasteiger charge is -2.32. The first-order chi connectivity index (χ1) is 14.6. The van der Waals surface area contributed by atoms with Gasteiger partial charge in [0.15, 0.2) is 5.17 Å². The fourth-order valence-electron chi connectivity index (χ4n) is 4.96. The highest BCUT2D eigenvalue weighted by molar-refractivity contribution is 8.14. The lowest BCUT2D eigenvalue weighted by Crippen LogP contribution is -2.35. The van der Waals surface area contributed by atoms with Gasteiger partial charge in [-0.3, -0.25) is 9.98 Å². The molecule has 2 aliphatic rings. The van der Waals surface area contributed by atoms with Crippen LogP contribution < -0.4 is 0 Å². The zero-order chi connectivity index (χ0) is 20.8. The standard InChI is InChI=1S/C25H28N4S/c1-5-19-15-30-25-27-23(21-11-8-9-13-26-21)24(29(19)25)20-14-17(3)28(18(20)4)22-12-7-6-10-16(22)2/h6-14,19,23-24H,5,15H2,1-4H3/t19-,23-,24+/m1/s1. The van der Waals surface area contributed by atoms with Gasteiger partial charge in [0.25, 0.3) is 0 Å². The van der Waals surface area contributed by atoms with E-state index in [4.69, 9.17) is 9.98 Å². The molecule has 0 radical (unpaired) electrons. The van der Waals surface area contributed by atoms with E-state index in [-0.39, 0.29) is 12.1 Å². The highest BCUT2D eigenvalue weighted by Gasteiger charge is 2.46. The fourth-order valence-corrected chi connectivity index (χ4v) is 6.30. The van der Waals surface area contributed by atoms with Crippen LogP contribution in [0, 0.1) is 20.8 Å². The molecule has 0 amide bonds. The number of aliphatic imine (C=N–C) groups is 1. The Morgan fingerprint density at radius 1 is 1.07 bits per heavy atom. The summed E-state index contributed by atoms with van der Waals surface area (Å²) in [7, 11) is 0. The van der Waals surface area contributed by atoms with Crippen molar-refractivity contribution in [2.75, 3.05) is 5.75 Å². The Balaban J connectivity index is 1.66. The van der Waals surface area contributed by atoms with Gasteiger partial charge in [0.05, 0.1) is 11.7 Å². The van der Waals surface area contributed by atoms with Crippen LogP contribution in [0.3, 0.4) is 0 Å². The van der Waals surface area contributed by atoms with Crippen molar-refractivity contribution in [2.45, 2.75) is 52.2 Å². The minimum atomic E-state index is 0.0360. The number of thioether (sulfide) groups is 1. The van der Waals surface area contributed by atoms with Gasteiger partial charge in [-0.1, -0.05) is 43.0 Å². The Kier molecular flexibility index (Phi) is 4.94. The van der Waals surface area contributed by atoms with E-state index in [1.807, 2.05) is 24.0 Å². The Morgan fingerprint density at radius 2 is 1.87 bits per heavy atom. The highest BCUT2D eigenvalue weighted by Crippen LogP contribution is 2.49. The number of rotatable bonds is 4. The van der Waals surface area contributed by atoms with Crippen molar-refractivity contribution < 1.29 is 0 Å². The average molecular weight is 417 g/mol. The van der Waals surface area contributed by atoms with Gasteiger partial charge in [0.2, 0.25) is 0 Å². The second-order valence-electron chi connectivity index (χ2n) is 8.28. The molecule has 5 rings (SSSR count). The summed E-state index contributed by atoms with van der Waals surface area (Å²) in [5.74, 6) is 1.12. The van der Waals surface area contributed by atoms with Gasteiger partial charge in [-0.05, 0) is 62.6 Å². The number of amidine groups is 1. The number of hydrogen-bond donors (Lipinski definition) is 0. The van der Waals surface area contributed by atoms with Crippen LogP contribution in [-0.2, 0) is 0 Å². The van der Waals surface area contributed by atoms with Crippen LogP contribution >= 0.6 is 11.8 Å². The summed E-state index contributed by atoms with van der Waals surface area (Å²) in [6.45, 7) is 8.94. The summed E-state index contributed by atoms with van der Waals surface area (Å²) in [5.41, 5.74) is 7.54. The largest absolute Gasteiger partial charge is 0.338 e. The maximum atomic E-state index is 5.18. The number of fused-ring (bicyclic) bond motifs is 1. The van der Waals surface area contributed by atoms with Crippen molar-refractivity contribution in [3.05, 3.63) is 82.9 Å². The molecule has 1 aromatic carbocycles. The zero-order valence-electron chi connectivity index (χ0n) is 18.0. The van der Waals surface area contributed by atoms with Crippen LogP contribution in [0.25, 0.3) is 5.69 Å². The molecule has 3 atom stereocenters. The minimum Gasteiger partial charge on any atom is -0.338 e. The maximum absolute atomic E-state index is 5.18. The molecule has 1 fully saturated rings. The van der Waals surface area contributed by atoms with E-state index in [1.54, 1.807) is 0 Å². The molecule has 5 heteroatoms. The van der Waals surface area contributed by atoms with Gasteiger partial charge in [-0.25, -0.2) is 0 Å². The van der Waals surface area contributed by atoms with Gasteiger partial charge in [-0.2, -0.15) is 0 Å². The van der Waals surface area contributed by atoms with Crippen LogP contribution in [0.4, 0.5) is 0 Å². The molecule has 4 nitrogen and oxygen atoms in total.